The molecule has 0 atom stereocenters. The average Bonchev–Trinajstić information content (AvgIpc) is 3.07. The summed E-state index contributed by atoms with van der Waals surface area (Å²) in [7, 11) is -3.89. The third-order valence-corrected chi connectivity index (χ3v) is 10.9. The largest absolute Gasteiger partial charge is 0.395 e. The van der Waals surface area contributed by atoms with Crippen LogP contribution in [0.4, 0.5) is 5.69 Å². The molecule has 7 heteroatoms. The number of sulfone groups is 1. The fraction of sp³-hybridized carbons (Fsp3) is 0.125. The number of carbonyl (C=O) groups excluding carboxylic acids is 1. The predicted molar refractivity (Wildman–Crippen MR) is 193 cm³/mol. The number of amides is 1. The molecular formula is C40H32ClNO4S. The maximum atomic E-state index is 14.6. The van der Waals surface area contributed by atoms with Gasteiger partial charge >= 0.3 is 0 Å². The summed E-state index contributed by atoms with van der Waals surface area (Å²) in [6.45, 7) is -0.538. The van der Waals surface area contributed by atoms with Crippen molar-refractivity contribution in [2.75, 3.05) is 17.7 Å². The molecule has 0 aliphatic carbocycles. The smallest absolute Gasteiger partial charge is 0.228 e. The summed E-state index contributed by atoms with van der Waals surface area (Å²) in [5.41, 5.74) is 2.22. The highest BCUT2D eigenvalue weighted by molar-refractivity contribution is 7.91. The minimum absolute atomic E-state index is 0.0747. The van der Waals surface area contributed by atoms with Crippen molar-refractivity contribution in [3.05, 3.63) is 144 Å². The molecule has 0 radical (unpaired) electrons. The summed E-state index contributed by atoms with van der Waals surface area (Å²) in [4.78, 5) is 14.5. The molecule has 0 aromatic heterocycles. The quantitative estimate of drug-likeness (QED) is 0.152. The Kier molecular flexibility index (Phi) is 8.41. The molecule has 7 aromatic carbocycles. The second-order valence-electron chi connectivity index (χ2n) is 11.9. The second kappa shape index (κ2) is 12.8. The zero-order chi connectivity index (χ0) is 32.5. The third kappa shape index (κ3) is 6.08. The molecule has 0 saturated carbocycles. The zero-order valence-corrected chi connectivity index (χ0v) is 27.1. The van der Waals surface area contributed by atoms with Crippen LogP contribution in [0.2, 0.25) is 5.02 Å². The van der Waals surface area contributed by atoms with E-state index < -0.39 is 28.1 Å². The second-order valence-corrected chi connectivity index (χ2v) is 14.4. The first-order valence-electron chi connectivity index (χ1n) is 15.5. The van der Waals surface area contributed by atoms with Gasteiger partial charge in [0.1, 0.15) is 0 Å². The molecule has 0 spiro atoms. The van der Waals surface area contributed by atoms with Gasteiger partial charge in [-0.3, -0.25) is 4.79 Å². The number of nitrogens with one attached hydrogen (secondary N) is 1. The van der Waals surface area contributed by atoms with Crippen LogP contribution in [0, 0.1) is 5.92 Å². The maximum Gasteiger partial charge on any atom is 0.228 e. The van der Waals surface area contributed by atoms with Gasteiger partial charge in [-0.05, 0) is 97.4 Å². The number of hydrogen-bond acceptors (Lipinski definition) is 4. The number of anilines is 1. The van der Waals surface area contributed by atoms with Crippen LogP contribution >= 0.6 is 11.6 Å². The first-order chi connectivity index (χ1) is 22.8. The van der Waals surface area contributed by atoms with Crippen molar-refractivity contribution < 1.29 is 18.3 Å². The number of aliphatic hydroxyl groups is 1. The Morgan fingerprint density at radius 2 is 1.06 bits per heavy atom. The van der Waals surface area contributed by atoms with Crippen LogP contribution in [0.5, 0.6) is 0 Å². The highest BCUT2D eigenvalue weighted by Crippen LogP contribution is 2.35. The van der Waals surface area contributed by atoms with Crippen LogP contribution < -0.4 is 5.32 Å². The van der Waals surface area contributed by atoms with Crippen LogP contribution in [0.3, 0.4) is 0 Å². The van der Waals surface area contributed by atoms with Crippen molar-refractivity contribution in [3.8, 4) is 0 Å². The Labute approximate surface area is 278 Å². The molecular weight excluding hydrogens is 626 g/mol. The molecule has 1 amide bonds. The molecule has 0 unspecified atom stereocenters. The molecule has 47 heavy (non-hydrogen) atoms. The number of benzene rings is 7. The predicted octanol–water partition coefficient (Wildman–Crippen LogP) is 8.76. The van der Waals surface area contributed by atoms with E-state index in [4.69, 9.17) is 11.6 Å². The van der Waals surface area contributed by atoms with Gasteiger partial charge in [0.2, 0.25) is 5.91 Å². The minimum atomic E-state index is -3.89. The Balaban J connectivity index is 1.40. The van der Waals surface area contributed by atoms with Crippen LogP contribution in [0.25, 0.3) is 43.1 Å². The minimum Gasteiger partial charge on any atom is -0.395 e. The van der Waals surface area contributed by atoms with Crippen molar-refractivity contribution in [2.45, 2.75) is 17.7 Å². The summed E-state index contributed by atoms with van der Waals surface area (Å²) in [6.07, 6.45) is 0.815. The van der Waals surface area contributed by atoms with Gasteiger partial charge in [0.05, 0.1) is 22.9 Å². The molecule has 5 nitrogen and oxygen atoms in total. The van der Waals surface area contributed by atoms with E-state index in [1.54, 1.807) is 0 Å². The van der Waals surface area contributed by atoms with Gasteiger partial charge in [-0.15, -0.1) is 0 Å². The number of aliphatic hydroxyl groups excluding tert-OH is 1. The molecule has 7 aromatic rings. The van der Waals surface area contributed by atoms with Crippen molar-refractivity contribution in [3.63, 3.8) is 0 Å². The average molecular weight is 658 g/mol. The Morgan fingerprint density at radius 3 is 1.49 bits per heavy atom. The van der Waals surface area contributed by atoms with E-state index in [1.165, 1.54) is 18.2 Å². The Hall–Kier alpha value is -4.75. The van der Waals surface area contributed by atoms with E-state index in [-0.39, 0.29) is 16.5 Å². The van der Waals surface area contributed by atoms with E-state index in [1.807, 2.05) is 48.5 Å². The first kappa shape index (κ1) is 30.9. The van der Waals surface area contributed by atoms with Gasteiger partial charge in [0.15, 0.2) is 9.84 Å². The maximum absolute atomic E-state index is 14.6. The molecule has 0 bridgehead atoms. The summed E-state index contributed by atoms with van der Waals surface area (Å²) >= 11 is 6.33. The topological polar surface area (TPSA) is 83.5 Å². The van der Waals surface area contributed by atoms with E-state index in [0.29, 0.717) is 17.9 Å². The normalized spacial score (nSPS) is 12.0. The van der Waals surface area contributed by atoms with Gasteiger partial charge in [-0.25, -0.2) is 8.42 Å². The number of hydrogen-bond donors (Lipinski definition) is 2. The standard InChI is InChI=1S/C40H32ClNO4S/c41-31-17-18-39(47(45,46)20-19-43)38(25-31)42-40(44)30(23-36-32-13-5-1-9-26(32)21-27-10-2-6-14-33(27)36)24-37-34-15-7-3-11-28(34)22-29-12-4-8-16-35(29)37/h1-18,21-22,25,30,43H,19-20,23-24H2,(H,42,44). The summed E-state index contributed by atoms with van der Waals surface area (Å²) in [5, 5.41) is 21.3. The number of carbonyl (C=O) groups is 1. The van der Waals surface area contributed by atoms with E-state index in [9.17, 15) is 18.3 Å². The van der Waals surface area contributed by atoms with Crippen LogP contribution in [-0.2, 0) is 27.5 Å². The molecule has 7 rings (SSSR count). The lowest BCUT2D eigenvalue weighted by atomic mass is 9.84. The molecule has 234 valence electrons. The highest BCUT2D eigenvalue weighted by Gasteiger charge is 2.27. The summed E-state index contributed by atoms with van der Waals surface area (Å²) < 4.78 is 26.3. The van der Waals surface area contributed by atoms with Crippen molar-refractivity contribution >= 4 is 76.1 Å². The lowest BCUT2D eigenvalue weighted by Crippen LogP contribution is -2.28. The summed E-state index contributed by atoms with van der Waals surface area (Å²) in [5.74, 6) is -1.38. The summed E-state index contributed by atoms with van der Waals surface area (Å²) in [6, 6.07) is 41.5. The fourth-order valence-electron chi connectivity index (χ4n) is 6.74. The number of rotatable bonds is 9. The molecule has 2 N–H and O–H groups in total. The monoisotopic (exact) mass is 657 g/mol. The Bertz CT molecular complexity index is 2190. The first-order valence-corrected chi connectivity index (χ1v) is 17.6. The third-order valence-electron chi connectivity index (χ3n) is 8.93. The van der Waals surface area contributed by atoms with E-state index in [0.717, 1.165) is 54.2 Å². The molecule has 0 aliphatic rings. The van der Waals surface area contributed by atoms with Gasteiger partial charge < -0.3 is 10.4 Å². The van der Waals surface area contributed by atoms with E-state index in [2.05, 4.69) is 66.0 Å². The van der Waals surface area contributed by atoms with Crippen LogP contribution in [0.15, 0.2) is 132 Å². The number of fused-ring (bicyclic) bond motifs is 4. The van der Waals surface area contributed by atoms with Crippen molar-refractivity contribution in [1.29, 1.82) is 0 Å². The Morgan fingerprint density at radius 1 is 0.638 bits per heavy atom. The van der Waals surface area contributed by atoms with Crippen molar-refractivity contribution in [2.24, 2.45) is 5.92 Å². The van der Waals surface area contributed by atoms with Crippen LogP contribution in [-0.4, -0.2) is 31.8 Å². The SMILES string of the molecule is O=C(Nc1cc(Cl)ccc1S(=O)(=O)CCO)C(Cc1c2ccccc2cc2ccccc12)Cc1c2ccccc2cc2ccccc12. The lowest BCUT2D eigenvalue weighted by molar-refractivity contribution is -0.119. The van der Waals surface area contributed by atoms with Gasteiger partial charge in [0.25, 0.3) is 0 Å². The molecule has 0 fully saturated rings. The van der Waals surface area contributed by atoms with Gasteiger partial charge in [0, 0.05) is 10.9 Å². The van der Waals surface area contributed by atoms with Gasteiger partial charge in [-0.2, -0.15) is 0 Å². The molecule has 0 aliphatic heterocycles. The zero-order valence-electron chi connectivity index (χ0n) is 25.5. The van der Waals surface area contributed by atoms with Gasteiger partial charge in [-0.1, -0.05) is 109 Å². The van der Waals surface area contributed by atoms with Crippen LogP contribution in [0.1, 0.15) is 11.1 Å². The highest BCUT2D eigenvalue weighted by atomic mass is 35.5. The van der Waals surface area contributed by atoms with Crippen molar-refractivity contribution in [1.82, 2.24) is 0 Å². The molecule has 0 heterocycles. The number of halogens is 1. The van der Waals surface area contributed by atoms with E-state index >= 15 is 0 Å². The lowest BCUT2D eigenvalue weighted by Gasteiger charge is -2.22. The molecule has 0 saturated heterocycles. The fourth-order valence-corrected chi connectivity index (χ4v) is 8.09.